The average Bonchev–Trinajstić information content (AvgIpc) is 2.77. The number of carbonyl (C=O) groups excluding carboxylic acids is 1. The first-order valence-electron chi connectivity index (χ1n) is 11.6. The van der Waals surface area contributed by atoms with Crippen molar-refractivity contribution in [3.63, 3.8) is 0 Å². The molecule has 2 unspecified atom stereocenters. The summed E-state index contributed by atoms with van der Waals surface area (Å²) in [5.41, 5.74) is 6.59. The molecule has 4 N–H and O–H groups in total. The van der Waals surface area contributed by atoms with Crippen LogP contribution in [0.15, 0.2) is 23.3 Å². The van der Waals surface area contributed by atoms with Crippen molar-refractivity contribution < 1.29 is 9.53 Å². The van der Waals surface area contributed by atoms with Gasteiger partial charge in [0.1, 0.15) is 5.82 Å². The number of amides is 1. The van der Waals surface area contributed by atoms with E-state index in [9.17, 15) is 4.79 Å². The second kappa shape index (κ2) is 15.3. The highest BCUT2D eigenvalue weighted by molar-refractivity contribution is 14.0. The fraction of sp³-hybridized carbons (Fsp3) is 0.696. The van der Waals surface area contributed by atoms with Gasteiger partial charge in [-0.05, 0) is 45.1 Å². The van der Waals surface area contributed by atoms with Crippen LogP contribution >= 0.6 is 24.0 Å². The predicted molar refractivity (Wildman–Crippen MR) is 141 cm³/mol. The fourth-order valence-corrected chi connectivity index (χ4v) is 3.90. The molecular formula is C23H41IN6O2. The summed E-state index contributed by atoms with van der Waals surface area (Å²) in [4.78, 5) is 23.2. The van der Waals surface area contributed by atoms with E-state index >= 15 is 0 Å². The van der Waals surface area contributed by atoms with Gasteiger partial charge in [0.15, 0.2) is 5.96 Å². The Hall–Kier alpha value is -1.62. The number of nitrogens with one attached hydrogen (secondary N) is 2. The number of hydrogen-bond donors (Lipinski definition) is 3. The van der Waals surface area contributed by atoms with Gasteiger partial charge in [-0.15, -0.1) is 24.0 Å². The van der Waals surface area contributed by atoms with Crippen LogP contribution < -0.4 is 21.3 Å². The summed E-state index contributed by atoms with van der Waals surface area (Å²) in [5, 5.41) is 6.73. The van der Waals surface area contributed by atoms with Gasteiger partial charge in [-0.3, -0.25) is 4.79 Å². The largest absolute Gasteiger partial charge is 0.378 e. The van der Waals surface area contributed by atoms with Crippen LogP contribution in [0.3, 0.4) is 0 Å². The molecule has 1 aliphatic heterocycles. The summed E-state index contributed by atoms with van der Waals surface area (Å²) in [6.45, 7) is 12.8. The van der Waals surface area contributed by atoms with Crippen LogP contribution in [0.4, 0.5) is 5.82 Å². The Morgan fingerprint density at radius 1 is 1.38 bits per heavy atom. The fourth-order valence-electron chi connectivity index (χ4n) is 3.90. The lowest BCUT2D eigenvalue weighted by molar-refractivity contribution is -0.122. The summed E-state index contributed by atoms with van der Waals surface area (Å²) >= 11 is 0. The lowest BCUT2D eigenvalue weighted by Gasteiger charge is -2.33. The van der Waals surface area contributed by atoms with Gasteiger partial charge >= 0.3 is 0 Å². The highest BCUT2D eigenvalue weighted by atomic mass is 127. The van der Waals surface area contributed by atoms with E-state index < -0.39 is 0 Å². The van der Waals surface area contributed by atoms with Crippen LogP contribution in [0.25, 0.3) is 0 Å². The Morgan fingerprint density at radius 2 is 2.16 bits per heavy atom. The van der Waals surface area contributed by atoms with Crippen LogP contribution in [-0.4, -0.2) is 55.7 Å². The number of halogens is 1. The van der Waals surface area contributed by atoms with Gasteiger partial charge in [0.2, 0.25) is 5.91 Å². The number of ether oxygens (including phenoxy) is 1. The molecule has 2 heterocycles. The van der Waals surface area contributed by atoms with Crippen LogP contribution in [0.1, 0.15) is 52.5 Å². The maximum atomic E-state index is 11.7. The van der Waals surface area contributed by atoms with Gasteiger partial charge in [0.05, 0.1) is 18.6 Å². The molecule has 182 valence electrons. The predicted octanol–water partition coefficient (Wildman–Crippen LogP) is 2.91. The number of pyridine rings is 1. The number of nitrogens with two attached hydrogens (primary N) is 1. The zero-order valence-electron chi connectivity index (χ0n) is 20.0. The van der Waals surface area contributed by atoms with Crippen molar-refractivity contribution in [3.8, 4) is 0 Å². The maximum Gasteiger partial charge on any atom is 0.222 e. The Balaban J connectivity index is 0.00000512. The van der Waals surface area contributed by atoms with Gasteiger partial charge in [-0.2, -0.15) is 0 Å². The number of primary amides is 1. The zero-order valence-corrected chi connectivity index (χ0v) is 22.3. The molecule has 1 fully saturated rings. The third kappa shape index (κ3) is 9.09. The topological polar surface area (TPSA) is 105 Å². The normalized spacial score (nSPS) is 17.6. The number of piperidine rings is 1. The first-order chi connectivity index (χ1) is 15.0. The highest BCUT2D eigenvalue weighted by Crippen LogP contribution is 2.25. The van der Waals surface area contributed by atoms with Gasteiger partial charge < -0.3 is 26.0 Å². The van der Waals surface area contributed by atoms with Crippen LogP contribution in [-0.2, 0) is 16.1 Å². The molecule has 0 radical (unpaired) electrons. The molecule has 1 amide bonds. The molecule has 32 heavy (non-hydrogen) atoms. The number of aromatic nitrogens is 1. The number of hydrogen-bond acceptors (Lipinski definition) is 5. The van der Waals surface area contributed by atoms with E-state index in [0.717, 1.165) is 62.8 Å². The van der Waals surface area contributed by atoms with Gasteiger partial charge in [-0.25, -0.2) is 9.98 Å². The second-order valence-corrected chi connectivity index (χ2v) is 8.32. The minimum Gasteiger partial charge on any atom is -0.378 e. The van der Waals surface area contributed by atoms with Crippen molar-refractivity contribution in [1.29, 1.82) is 0 Å². The van der Waals surface area contributed by atoms with Crippen LogP contribution in [0.2, 0.25) is 0 Å². The minimum atomic E-state index is -0.231. The van der Waals surface area contributed by atoms with E-state index in [1.165, 1.54) is 0 Å². The number of guanidine groups is 1. The van der Waals surface area contributed by atoms with Crippen molar-refractivity contribution in [2.45, 2.75) is 59.6 Å². The molecule has 2 rings (SSSR count). The Bertz CT molecular complexity index is 715. The second-order valence-electron chi connectivity index (χ2n) is 8.32. The van der Waals surface area contributed by atoms with E-state index in [4.69, 9.17) is 15.5 Å². The molecule has 1 aliphatic rings. The van der Waals surface area contributed by atoms with E-state index in [1.807, 2.05) is 19.1 Å². The molecule has 1 saturated heterocycles. The summed E-state index contributed by atoms with van der Waals surface area (Å²) in [6, 6.07) is 3.98. The molecule has 0 spiro atoms. The summed E-state index contributed by atoms with van der Waals surface area (Å²) in [5.74, 6) is 1.80. The lowest BCUT2D eigenvalue weighted by Crippen LogP contribution is -2.42. The van der Waals surface area contributed by atoms with E-state index in [-0.39, 0.29) is 41.9 Å². The van der Waals surface area contributed by atoms with Crippen molar-refractivity contribution in [2.24, 2.45) is 22.6 Å². The molecule has 0 bridgehead atoms. The van der Waals surface area contributed by atoms with E-state index in [0.29, 0.717) is 19.0 Å². The number of aliphatic imine (C=N–C) groups is 1. The monoisotopic (exact) mass is 560 g/mol. The third-order valence-electron chi connectivity index (χ3n) is 5.59. The van der Waals surface area contributed by atoms with Crippen LogP contribution in [0.5, 0.6) is 0 Å². The SMILES string of the molecule is CCNC(=NCc1cccnc1N1CCCC(C(N)=O)C1)NCCC(OCC)C(C)C.I. The molecule has 0 saturated carbocycles. The minimum absolute atomic E-state index is 0. The van der Waals surface area contributed by atoms with Crippen molar-refractivity contribution in [2.75, 3.05) is 37.7 Å². The maximum absolute atomic E-state index is 11.7. The molecule has 0 aliphatic carbocycles. The van der Waals surface area contributed by atoms with Crippen LogP contribution in [0, 0.1) is 11.8 Å². The highest BCUT2D eigenvalue weighted by Gasteiger charge is 2.26. The first-order valence-corrected chi connectivity index (χ1v) is 11.6. The first kappa shape index (κ1) is 28.4. The Labute approximate surface area is 210 Å². The van der Waals surface area contributed by atoms with Crippen molar-refractivity contribution in [1.82, 2.24) is 15.6 Å². The molecule has 2 atom stereocenters. The van der Waals surface area contributed by atoms with Crippen molar-refractivity contribution in [3.05, 3.63) is 23.9 Å². The Morgan fingerprint density at radius 3 is 2.81 bits per heavy atom. The molecule has 8 nitrogen and oxygen atoms in total. The third-order valence-corrected chi connectivity index (χ3v) is 5.59. The Kier molecular flexibility index (Phi) is 13.5. The smallest absolute Gasteiger partial charge is 0.222 e. The average molecular weight is 561 g/mol. The summed E-state index contributed by atoms with van der Waals surface area (Å²) in [7, 11) is 0. The van der Waals surface area contributed by atoms with E-state index in [2.05, 4.69) is 41.3 Å². The summed E-state index contributed by atoms with van der Waals surface area (Å²) < 4.78 is 5.84. The van der Waals surface area contributed by atoms with Crippen molar-refractivity contribution >= 4 is 41.7 Å². The molecule has 9 heteroatoms. The standard InChI is InChI=1S/C23H40N6O2.HI/c1-5-25-23(27-13-11-20(17(3)4)31-6-2)28-15-18-9-7-12-26-22(18)29-14-8-10-19(16-29)21(24)30;/h7,9,12,17,19-20H,5-6,8,10-11,13-16H2,1-4H3,(H2,24,30)(H2,25,27,28);1H. The summed E-state index contributed by atoms with van der Waals surface area (Å²) in [6.07, 6.45) is 4.74. The van der Waals surface area contributed by atoms with Gasteiger partial charge in [0, 0.05) is 44.5 Å². The molecule has 0 aromatic carbocycles. The zero-order chi connectivity index (χ0) is 22.6. The number of anilines is 1. The van der Waals surface area contributed by atoms with E-state index in [1.54, 1.807) is 6.20 Å². The number of carbonyl (C=O) groups is 1. The number of rotatable bonds is 11. The lowest BCUT2D eigenvalue weighted by atomic mass is 9.97. The molecular weight excluding hydrogens is 519 g/mol. The quantitative estimate of drug-likeness (QED) is 0.219. The van der Waals surface area contributed by atoms with Gasteiger partial charge in [0.25, 0.3) is 0 Å². The number of nitrogens with zero attached hydrogens (tertiary/aromatic N) is 3. The molecule has 1 aromatic heterocycles. The van der Waals surface area contributed by atoms with Gasteiger partial charge in [-0.1, -0.05) is 19.9 Å². The molecule has 1 aromatic rings.